The minimum atomic E-state index is -0.723. The molecule has 3 rings (SSSR count). The molecule has 0 atom stereocenters. The first kappa shape index (κ1) is 22.6. The number of hydrogen-bond acceptors (Lipinski definition) is 7. The van der Waals surface area contributed by atoms with Crippen LogP contribution in [-0.2, 0) is 9.59 Å². The fraction of sp³-hybridized carbons (Fsp3) is 0.105. The first-order valence-electron chi connectivity index (χ1n) is 8.53. The van der Waals surface area contributed by atoms with E-state index in [1.807, 2.05) is 0 Å². The summed E-state index contributed by atoms with van der Waals surface area (Å²) in [4.78, 5) is 48.4. The number of rotatable bonds is 6. The van der Waals surface area contributed by atoms with Crippen LogP contribution >= 0.6 is 35.0 Å². The number of hydrogen-bond donors (Lipinski definition) is 1. The molecule has 2 aromatic carbocycles. The van der Waals surface area contributed by atoms with Crippen LogP contribution in [0.15, 0.2) is 41.3 Å². The number of carbonyl (C=O) groups is 3. The highest BCUT2D eigenvalue weighted by Crippen LogP contribution is 2.36. The van der Waals surface area contributed by atoms with Crippen molar-refractivity contribution in [2.24, 2.45) is 0 Å². The number of benzene rings is 2. The van der Waals surface area contributed by atoms with Crippen LogP contribution in [0, 0.1) is 10.1 Å². The van der Waals surface area contributed by atoms with E-state index < -0.39 is 34.2 Å². The van der Waals surface area contributed by atoms with Crippen molar-refractivity contribution in [2.75, 3.05) is 19.0 Å². The molecule has 0 bridgehead atoms. The summed E-state index contributed by atoms with van der Waals surface area (Å²) in [6, 6.07) is 8.95. The zero-order chi connectivity index (χ0) is 22.7. The zero-order valence-corrected chi connectivity index (χ0v) is 18.1. The van der Waals surface area contributed by atoms with Crippen molar-refractivity contribution in [1.82, 2.24) is 4.90 Å². The lowest BCUT2D eigenvalue weighted by Gasteiger charge is -2.14. The molecule has 1 heterocycles. The van der Waals surface area contributed by atoms with Gasteiger partial charge in [-0.05, 0) is 36.0 Å². The quantitative estimate of drug-likeness (QED) is 0.364. The van der Waals surface area contributed by atoms with E-state index in [2.05, 4.69) is 5.32 Å². The fourth-order valence-corrected chi connectivity index (χ4v) is 4.00. The molecule has 0 spiro atoms. The van der Waals surface area contributed by atoms with Gasteiger partial charge in [-0.15, -0.1) is 0 Å². The van der Waals surface area contributed by atoms with Crippen molar-refractivity contribution in [3.63, 3.8) is 0 Å². The number of ether oxygens (including phenoxy) is 1. The number of anilines is 1. The number of carbonyl (C=O) groups excluding carboxylic acids is 3. The molecular formula is C19H13Cl2N3O6S. The molecule has 0 aliphatic carbocycles. The molecule has 9 nitrogen and oxygen atoms in total. The Morgan fingerprint density at radius 3 is 2.65 bits per heavy atom. The van der Waals surface area contributed by atoms with E-state index in [-0.39, 0.29) is 20.5 Å². The maximum Gasteiger partial charge on any atom is 0.294 e. The van der Waals surface area contributed by atoms with E-state index in [1.54, 1.807) is 24.3 Å². The number of thioether (sulfide) groups is 1. The lowest BCUT2D eigenvalue weighted by atomic mass is 10.2. The summed E-state index contributed by atoms with van der Waals surface area (Å²) >= 11 is 12.5. The summed E-state index contributed by atoms with van der Waals surface area (Å²) in [5, 5.41) is 12.9. The molecule has 0 unspecified atom stereocenters. The van der Waals surface area contributed by atoms with Gasteiger partial charge in [-0.3, -0.25) is 29.4 Å². The maximum absolute atomic E-state index is 12.6. The molecule has 1 saturated heterocycles. The van der Waals surface area contributed by atoms with Gasteiger partial charge in [0, 0.05) is 16.7 Å². The topological polar surface area (TPSA) is 119 Å². The molecule has 3 amide bonds. The Morgan fingerprint density at radius 2 is 1.97 bits per heavy atom. The first-order valence-corrected chi connectivity index (χ1v) is 10.1. The fourth-order valence-electron chi connectivity index (χ4n) is 2.66. The summed E-state index contributed by atoms with van der Waals surface area (Å²) in [6.45, 7) is -0.519. The monoisotopic (exact) mass is 481 g/mol. The van der Waals surface area contributed by atoms with Gasteiger partial charge in [0.05, 0.1) is 22.6 Å². The van der Waals surface area contributed by atoms with Crippen LogP contribution in [0.3, 0.4) is 0 Å². The second-order valence-corrected chi connectivity index (χ2v) is 7.91. The molecule has 160 valence electrons. The van der Waals surface area contributed by atoms with E-state index in [0.717, 1.165) is 11.0 Å². The Balaban J connectivity index is 1.79. The Hall–Kier alpha value is -3.08. The molecule has 12 heteroatoms. The van der Waals surface area contributed by atoms with Crippen LogP contribution in [0.4, 0.5) is 16.2 Å². The SMILES string of the molecule is COc1ccccc1NC(=O)CN1C(=O)S/C(=C\c2cc([N+](=O)[O-])c(Cl)cc2Cl)C1=O. The Labute approximate surface area is 190 Å². The number of imide groups is 1. The standard InChI is InChI=1S/C19H13Cl2N3O6S/c1-30-15-5-3-2-4-13(15)22-17(25)9-23-18(26)16(31-19(23)27)7-10-6-14(24(28)29)12(21)8-11(10)20/h2-8H,9H2,1H3,(H,22,25)/b16-7-. The Bertz CT molecular complexity index is 1140. The number of para-hydroxylation sites is 2. The summed E-state index contributed by atoms with van der Waals surface area (Å²) in [7, 11) is 1.44. The highest BCUT2D eigenvalue weighted by Gasteiger charge is 2.36. The second-order valence-electron chi connectivity index (χ2n) is 6.10. The van der Waals surface area contributed by atoms with Crippen molar-refractivity contribution >= 4 is 69.5 Å². The van der Waals surface area contributed by atoms with Crippen molar-refractivity contribution in [3.05, 3.63) is 67.0 Å². The van der Waals surface area contributed by atoms with Gasteiger partial charge in [-0.2, -0.15) is 0 Å². The Kier molecular flexibility index (Phi) is 6.84. The number of halogens is 2. The minimum absolute atomic E-state index is 0.0337. The number of nitrogens with one attached hydrogen (secondary N) is 1. The molecule has 1 aliphatic heterocycles. The van der Waals surface area contributed by atoms with Gasteiger partial charge in [0.25, 0.3) is 16.8 Å². The number of nitro groups is 1. The normalized spacial score (nSPS) is 14.8. The second kappa shape index (κ2) is 9.38. The Morgan fingerprint density at radius 1 is 1.26 bits per heavy atom. The van der Waals surface area contributed by atoms with Crippen molar-refractivity contribution in [3.8, 4) is 5.75 Å². The van der Waals surface area contributed by atoms with Crippen LogP contribution in [0.5, 0.6) is 5.75 Å². The first-order chi connectivity index (χ1) is 14.7. The predicted octanol–water partition coefficient (Wildman–Crippen LogP) is 4.59. The zero-order valence-electron chi connectivity index (χ0n) is 15.8. The van der Waals surface area contributed by atoms with E-state index in [1.165, 1.54) is 19.3 Å². The molecule has 0 saturated carbocycles. The molecule has 0 aromatic heterocycles. The van der Waals surface area contributed by atoms with Gasteiger partial charge in [-0.25, -0.2) is 0 Å². The summed E-state index contributed by atoms with van der Waals surface area (Å²) in [6.07, 6.45) is 1.24. The van der Waals surface area contributed by atoms with Crippen molar-refractivity contribution in [2.45, 2.75) is 0 Å². The van der Waals surface area contributed by atoms with Crippen LogP contribution in [0.2, 0.25) is 10.0 Å². The summed E-state index contributed by atoms with van der Waals surface area (Å²) in [5.74, 6) is -0.907. The molecular weight excluding hydrogens is 469 g/mol. The highest BCUT2D eigenvalue weighted by molar-refractivity contribution is 8.18. The third-order valence-electron chi connectivity index (χ3n) is 4.11. The van der Waals surface area contributed by atoms with Gasteiger partial charge in [0.1, 0.15) is 17.3 Å². The van der Waals surface area contributed by atoms with Gasteiger partial charge < -0.3 is 10.1 Å². The molecule has 31 heavy (non-hydrogen) atoms. The van der Waals surface area contributed by atoms with E-state index in [9.17, 15) is 24.5 Å². The maximum atomic E-state index is 12.6. The average Bonchev–Trinajstić information content (AvgIpc) is 2.97. The third-order valence-corrected chi connectivity index (χ3v) is 5.64. The lowest BCUT2D eigenvalue weighted by Crippen LogP contribution is -2.36. The number of nitro benzene ring substituents is 1. The lowest BCUT2D eigenvalue weighted by molar-refractivity contribution is -0.384. The van der Waals surface area contributed by atoms with Gasteiger partial charge in [0.2, 0.25) is 5.91 Å². The molecule has 1 fully saturated rings. The number of nitrogens with zero attached hydrogens (tertiary/aromatic N) is 2. The average molecular weight is 482 g/mol. The predicted molar refractivity (Wildman–Crippen MR) is 117 cm³/mol. The van der Waals surface area contributed by atoms with Gasteiger partial charge in [0.15, 0.2) is 0 Å². The van der Waals surface area contributed by atoms with E-state index in [0.29, 0.717) is 23.2 Å². The van der Waals surface area contributed by atoms with Crippen molar-refractivity contribution in [1.29, 1.82) is 0 Å². The molecule has 1 aliphatic rings. The molecule has 1 N–H and O–H groups in total. The van der Waals surface area contributed by atoms with Crippen LogP contribution in [0.1, 0.15) is 5.56 Å². The largest absolute Gasteiger partial charge is 0.495 e. The van der Waals surface area contributed by atoms with E-state index >= 15 is 0 Å². The third kappa shape index (κ3) is 4.98. The number of methoxy groups -OCH3 is 1. The van der Waals surface area contributed by atoms with Gasteiger partial charge in [-0.1, -0.05) is 35.3 Å². The number of amides is 3. The van der Waals surface area contributed by atoms with Crippen molar-refractivity contribution < 1.29 is 24.0 Å². The van der Waals surface area contributed by atoms with Crippen LogP contribution < -0.4 is 10.1 Å². The molecule has 0 radical (unpaired) electrons. The highest BCUT2D eigenvalue weighted by atomic mass is 35.5. The van der Waals surface area contributed by atoms with Gasteiger partial charge >= 0.3 is 0 Å². The minimum Gasteiger partial charge on any atom is -0.495 e. The summed E-state index contributed by atoms with van der Waals surface area (Å²) in [5.41, 5.74) is 0.132. The van der Waals surface area contributed by atoms with Crippen LogP contribution in [0.25, 0.3) is 6.08 Å². The van der Waals surface area contributed by atoms with E-state index in [4.69, 9.17) is 27.9 Å². The van der Waals surface area contributed by atoms with Crippen LogP contribution in [-0.4, -0.2) is 40.5 Å². The smallest absolute Gasteiger partial charge is 0.294 e. The summed E-state index contributed by atoms with van der Waals surface area (Å²) < 4.78 is 5.14. The molecule has 2 aromatic rings.